The Bertz CT molecular complexity index is 1320. The number of nitrogens with zero attached hydrogens (tertiary/aromatic N) is 2. The Labute approximate surface area is 202 Å². The Kier molecular flexibility index (Phi) is 5.90. The lowest BCUT2D eigenvalue weighted by molar-refractivity contribution is -0.122. The fourth-order valence-electron chi connectivity index (χ4n) is 4.43. The third kappa shape index (κ3) is 4.32. The van der Waals surface area contributed by atoms with Crippen molar-refractivity contribution < 1.29 is 14.4 Å². The number of imide groups is 2. The number of hydrogen-bond acceptors (Lipinski definition) is 4. The van der Waals surface area contributed by atoms with Crippen molar-refractivity contribution in [3.63, 3.8) is 0 Å². The Morgan fingerprint density at radius 3 is 2.56 bits per heavy atom. The van der Waals surface area contributed by atoms with E-state index in [4.69, 9.17) is 11.6 Å². The number of rotatable bonds is 4. The predicted octanol–water partition coefficient (Wildman–Crippen LogP) is 4.96. The van der Waals surface area contributed by atoms with Gasteiger partial charge in [0.2, 0.25) is 0 Å². The summed E-state index contributed by atoms with van der Waals surface area (Å²) < 4.78 is 0. The minimum atomic E-state index is -0.795. The molecule has 170 valence electrons. The summed E-state index contributed by atoms with van der Waals surface area (Å²) in [5.74, 6) is -1.39. The average molecular weight is 472 g/mol. The van der Waals surface area contributed by atoms with Crippen LogP contribution in [0.4, 0.5) is 16.2 Å². The molecule has 6 nitrogen and oxygen atoms in total. The van der Waals surface area contributed by atoms with Crippen molar-refractivity contribution in [1.82, 2.24) is 5.32 Å². The van der Waals surface area contributed by atoms with Crippen molar-refractivity contribution >= 4 is 46.9 Å². The fourth-order valence-corrected chi connectivity index (χ4v) is 4.61. The quantitative estimate of drug-likeness (QED) is 0.431. The van der Waals surface area contributed by atoms with Gasteiger partial charge in [-0.25, -0.2) is 9.69 Å². The molecule has 0 saturated carbocycles. The van der Waals surface area contributed by atoms with Crippen LogP contribution in [-0.4, -0.2) is 24.4 Å². The summed E-state index contributed by atoms with van der Waals surface area (Å²) in [6.45, 7) is 1.80. The summed E-state index contributed by atoms with van der Waals surface area (Å²) in [4.78, 5) is 41.3. The summed E-state index contributed by atoms with van der Waals surface area (Å²) >= 11 is 6.03. The van der Waals surface area contributed by atoms with E-state index < -0.39 is 17.8 Å². The molecule has 3 aromatic carbocycles. The second-order valence-electron chi connectivity index (χ2n) is 8.34. The van der Waals surface area contributed by atoms with Crippen LogP contribution in [-0.2, 0) is 22.6 Å². The Balaban J connectivity index is 1.44. The molecule has 0 unspecified atom stereocenters. The molecule has 5 rings (SSSR count). The summed E-state index contributed by atoms with van der Waals surface area (Å²) in [6.07, 6.45) is 3.49. The van der Waals surface area contributed by atoms with E-state index in [0.29, 0.717) is 10.7 Å². The normalized spacial score (nSPS) is 17.1. The van der Waals surface area contributed by atoms with Crippen LogP contribution in [0.2, 0.25) is 5.02 Å². The Hall–Kier alpha value is -3.90. The van der Waals surface area contributed by atoms with E-state index in [2.05, 4.69) is 22.3 Å². The van der Waals surface area contributed by atoms with E-state index in [1.807, 2.05) is 36.4 Å². The Morgan fingerprint density at radius 1 is 0.941 bits per heavy atom. The fraction of sp³-hybridized carbons (Fsp3) is 0.148. The second-order valence-corrected chi connectivity index (χ2v) is 8.77. The largest absolute Gasteiger partial charge is 0.367 e. The highest BCUT2D eigenvalue weighted by molar-refractivity contribution is 6.39. The first kappa shape index (κ1) is 21.9. The molecule has 2 aliphatic rings. The SMILES string of the molecule is O=C1NC(=O)N(c2cccc(Cl)c2)C(=O)/C1=C/c1ccc2c(c1)CCCN2Cc1ccccc1. The second kappa shape index (κ2) is 9.15. The van der Waals surface area contributed by atoms with Gasteiger partial charge in [0, 0.05) is 23.8 Å². The van der Waals surface area contributed by atoms with Crippen molar-refractivity contribution in [2.24, 2.45) is 0 Å². The van der Waals surface area contributed by atoms with E-state index in [-0.39, 0.29) is 5.57 Å². The first-order valence-corrected chi connectivity index (χ1v) is 11.5. The van der Waals surface area contributed by atoms with Crippen molar-refractivity contribution in [3.8, 4) is 0 Å². The summed E-state index contributed by atoms with van der Waals surface area (Å²) in [5, 5.41) is 2.64. The van der Waals surface area contributed by atoms with Crippen LogP contribution in [0.25, 0.3) is 6.08 Å². The molecule has 0 aliphatic carbocycles. The number of hydrogen-bond donors (Lipinski definition) is 1. The summed E-state index contributed by atoms with van der Waals surface area (Å²) in [6, 6.07) is 21.9. The highest BCUT2D eigenvalue weighted by Crippen LogP contribution is 2.31. The molecule has 4 amide bonds. The van der Waals surface area contributed by atoms with Crippen molar-refractivity contribution in [2.45, 2.75) is 19.4 Å². The van der Waals surface area contributed by atoms with Crippen molar-refractivity contribution in [2.75, 3.05) is 16.3 Å². The zero-order chi connectivity index (χ0) is 23.7. The number of aryl methyl sites for hydroxylation is 1. The van der Waals surface area contributed by atoms with Gasteiger partial charge < -0.3 is 4.90 Å². The van der Waals surface area contributed by atoms with Crippen molar-refractivity contribution in [3.05, 3.63) is 100 Å². The number of amides is 4. The third-order valence-corrected chi connectivity index (χ3v) is 6.25. The minimum absolute atomic E-state index is 0.100. The average Bonchev–Trinajstić information content (AvgIpc) is 2.82. The molecule has 3 aromatic rings. The molecule has 0 aromatic heterocycles. The van der Waals surface area contributed by atoms with Gasteiger partial charge in [0.05, 0.1) is 5.69 Å². The van der Waals surface area contributed by atoms with E-state index in [9.17, 15) is 14.4 Å². The van der Waals surface area contributed by atoms with Gasteiger partial charge in [0.15, 0.2) is 0 Å². The monoisotopic (exact) mass is 471 g/mol. The molecular formula is C27H22ClN3O3. The molecule has 1 N–H and O–H groups in total. The van der Waals surface area contributed by atoms with Crippen LogP contribution in [0, 0.1) is 0 Å². The van der Waals surface area contributed by atoms with Gasteiger partial charge in [-0.15, -0.1) is 0 Å². The maximum atomic E-state index is 13.1. The smallest absolute Gasteiger partial charge is 0.335 e. The number of carbonyl (C=O) groups excluding carboxylic acids is 3. The van der Waals surface area contributed by atoms with Crippen LogP contribution < -0.4 is 15.1 Å². The number of urea groups is 1. The molecule has 0 radical (unpaired) electrons. The molecule has 1 fully saturated rings. The van der Waals surface area contributed by atoms with Crippen LogP contribution in [0.1, 0.15) is 23.1 Å². The number of carbonyl (C=O) groups is 3. The molecule has 2 aliphatic heterocycles. The Morgan fingerprint density at radius 2 is 1.76 bits per heavy atom. The first-order valence-electron chi connectivity index (χ1n) is 11.1. The van der Waals surface area contributed by atoms with Crippen LogP contribution in [0.3, 0.4) is 0 Å². The van der Waals surface area contributed by atoms with E-state index >= 15 is 0 Å². The molecule has 34 heavy (non-hydrogen) atoms. The number of benzene rings is 3. The van der Waals surface area contributed by atoms with Crippen LogP contribution >= 0.6 is 11.6 Å². The molecule has 2 heterocycles. The maximum absolute atomic E-state index is 13.1. The van der Waals surface area contributed by atoms with Gasteiger partial charge in [-0.05, 0) is 65.9 Å². The highest BCUT2D eigenvalue weighted by Gasteiger charge is 2.37. The van der Waals surface area contributed by atoms with Gasteiger partial charge in [0.1, 0.15) is 5.57 Å². The van der Waals surface area contributed by atoms with Crippen LogP contribution in [0.15, 0.2) is 78.4 Å². The summed E-state index contributed by atoms with van der Waals surface area (Å²) in [7, 11) is 0. The standard InChI is InChI=1S/C27H22ClN3O3/c28-21-9-4-10-22(16-21)31-26(33)23(25(32)29-27(31)34)15-19-11-12-24-20(14-19)8-5-13-30(24)17-18-6-2-1-3-7-18/h1-4,6-7,9-12,14-16H,5,8,13,17H2,(H,29,32,34)/b23-15+. The zero-order valence-corrected chi connectivity index (χ0v) is 19.1. The van der Waals surface area contributed by atoms with Crippen molar-refractivity contribution in [1.29, 1.82) is 0 Å². The number of barbiturate groups is 1. The van der Waals surface area contributed by atoms with Gasteiger partial charge in [-0.1, -0.05) is 54.1 Å². The lowest BCUT2D eigenvalue weighted by Crippen LogP contribution is -2.54. The summed E-state index contributed by atoms with van der Waals surface area (Å²) in [5.41, 5.74) is 4.51. The molecular weight excluding hydrogens is 450 g/mol. The molecule has 1 saturated heterocycles. The number of anilines is 2. The van der Waals surface area contributed by atoms with Gasteiger partial charge in [0.25, 0.3) is 11.8 Å². The molecule has 7 heteroatoms. The van der Waals surface area contributed by atoms with Gasteiger partial charge >= 0.3 is 6.03 Å². The topological polar surface area (TPSA) is 69.7 Å². The lowest BCUT2D eigenvalue weighted by Gasteiger charge is -2.32. The number of nitrogens with one attached hydrogen (secondary N) is 1. The van der Waals surface area contributed by atoms with E-state index in [1.54, 1.807) is 18.2 Å². The van der Waals surface area contributed by atoms with E-state index in [0.717, 1.165) is 42.1 Å². The first-order chi connectivity index (χ1) is 16.5. The predicted molar refractivity (Wildman–Crippen MR) is 133 cm³/mol. The van der Waals surface area contributed by atoms with Gasteiger partial charge in [-0.3, -0.25) is 14.9 Å². The molecule has 0 bridgehead atoms. The molecule has 0 spiro atoms. The maximum Gasteiger partial charge on any atom is 0.335 e. The van der Waals surface area contributed by atoms with E-state index in [1.165, 1.54) is 23.3 Å². The minimum Gasteiger partial charge on any atom is -0.367 e. The number of fused-ring (bicyclic) bond motifs is 1. The number of halogens is 1. The lowest BCUT2D eigenvalue weighted by atomic mass is 9.97. The molecule has 0 atom stereocenters. The van der Waals surface area contributed by atoms with Crippen LogP contribution in [0.5, 0.6) is 0 Å². The highest BCUT2D eigenvalue weighted by atomic mass is 35.5. The third-order valence-electron chi connectivity index (χ3n) is 6.01. The van der Waals surface area contributed by atoms with Gasteiger partial charge in [-0.2, -0.15) is 0 Å². The zero-order valence-electron chi connectivity index (χ0n) is 18.3.